The van der Waals surface area contributed by atoms with Gasteiger partial charge in [-0.1, -0.05) is 47.5 Å². The van der Waals surface area contributed by atoms with E-state index in [0.717, 1.165) is 39.3 Å². The van der Waals surface area contributed by atoms with E-state index in [4.69, 9.17) is 46.9 Å². The Morgan fingerprint density at radius 1 is 0.923 bits per heavy atom. The standard InChI is InChI=1S/C30H25Cl2NO6/c1-18-21(4-3-5-23(18)20-6-7-25-28(13-20)37-9-8-36-25)17-39-27-14-26(22(15-34)12-24(27)31)38-16-19-10-29(32)33-30(11-19)35-2/h3-7,10-15H,8-9,16-17H2,1-2H3. The fraction of sp³-hybridized carbons (Fsp3) is 0.200. The quantitative estimate of drug-likeness (QED) is 0.158. The van der Waals surface area contributed by atoms with Gasteiger partial charge in [0.2, 0.25) is 5.88 Å². The van der Waals surface area contributed by atoms with Crippen LogP contribution < -0.4 is 23.7 Å². The smallest absolute Gasteiger partial charge is 0.214 e. The molecule has 5 rings (SSSR count). The van der Waals surface area contributed by atoms with Crippen LogP contribution >= 0.6 is 23.2 Å². The van der Waals surface area contributed by atoms with Crippen LogP contribution in [0.4, 0.5) is 0 Å². The van der Waals surface area contributed by atoms with E-state index in [1.165, 1.54) is 13.2 Å². The van der Waals surface area contributed by atoms with Crippen LogP contribution in [0.1, 0.15) is 27.0 Å². The highest BCUT2D eigenvalue weighted by molar-refractivity contribution is 6.32. The van der Waals surface area contributed by atoms with E-state index < -0.39 is 0 Å². The molecule has 0 fully saturated rings. The van der Waals surface area contributed by atoms with Crippen molar-refractivity contribution in [1.29, 1.82) is 0 Å². The number of benzene rings is 3. The number of carbonyl (C=O) groups excluding carboxylic acids is 1. The first-order valence-corrected chi connectivity index (χ1v) is 12.9. The summed E-state index contributed by atoms with van der Waals surface area (Å²) < 4.78 is 28.6. The number of hydrogen-bond acceptors (Lipinski definition) is 7. The SMILES string of the molecule is COc1cc(COc2cc(OCc3cccc(-c4ccc5c(c4)OCCO5)c3C)c(Cl)cc2C=O)cc(Cl)n1. The van der Waals surface area contributed by atoms with Crippen LogP contribution in [-0.2, 0) is 13.2 Å². The van der Waals surface area contributed by atoms with Crippen LogP contribution in [0.15, 0.2) is 60.7 Å². The molecular weight excluding hydrogens is 541 g/mol. The number of carbonyl (C=O) groups is 1. The van der Waals surface area contributed by atoms with Crippen molar-refractivity contribution < 1.29 is 28.5 Å². The Labute approximate surface area is 236 Å². The van der Waals surface area contributed by atoms with Gasteiger partial charge < -0.3 is 23.7 Å². The molecule has 0 bridgehead atoms. The highest BCUT2D eigenvalue weighted by Crippen LogP contribution is 2.37. The molecule has 0 amide bonds. The predicted octanol–water partition coefficient (Wildman–Crippen LogP) is 7.11. The molecule has 1 aliphatic rings. The molecule has 0 spiro atoms. The third-order valence-electron chi connectivity index (χ3n) is 6.31. The fourth-order valence-corrected chi connectivity index (χ4v) is 4.72. The summed E-state index contributed by atoms with van der Waals surface area (Å²) in [6.45, 7) is 3.53. The third kappa shape index (κ3) is 6.05. The number of fused-ring (bicyclic) bond motifs is 1. The van der Waals surface area contributed by atoms with Gasteiger partial charge >= 0.3 is 0 Å². The Bertz CT molecular complexity index is 1520. The van der Waals surface area contributed by atoms with Crippen LogP contribution in [0.2, 0.25) is 10.2 Å². The number of hydrogen-bond donors (Lipinski definition) is 0. The summed E-state index contributed by atoms with van der Waals surface area (Å²) in [5, 5.41) is 0.580. The Kier molecular flexibility index (Phi) is 8.10. The van der Waals surface area contributed by atoms with E-state index in [2.05, 4.69) is 11.1 Å². The fourth-order valence-electron chi connectivity index (χ4n) is 4.27. The number of aldehydes is 1. The molecule has 7 nitrogen and oxygen atoms in total. The Morgan fingerprint density at radius 2 is 1.72 bits per heavy atom. The Balaban J connectivity index is 1.34. The van der Waals surface area contributed by atoms with Crippen LogP contribution in [-0.4, -0.2) is 31.6 Å². The lowest BCUT2D eigenvalue weighted by Crippen LogP contribution is -2.15. The molecule has 1 aromatic heterocycles. The molecular formula is C30H25Cl2NO6. The molecule has 4 aromatic rings. The zero-order valence-corrected chi connectivity index (χ0v) is 22.8. The number of rotatable bonds is 9. The van der Waals surface area contributed by atoms with E-state index in [9.17, 15) is 4.79 Å². The zero-order valence-electron chi connectivity index (χ0n) is 21.3. The Morgan fingerprint density at radius 3 is 2.51 bits per heavy atom. The summed E-state index contributed by atoms with van der Waals surface area (Å²) >= 11 is 12.5. The maximum Gasteiger partial charge on any atom is 0.214 e. The van der Waals surface area contributed by atoms with Gasteiger partial charge in [-0.15, -0.1) is 0 Å². The van der Waals surface area contributed by atoms with Crippen molar-refractivity contribution in [3.05, 3.63) is 93.1 Å². The van der Waals surface area contributed by atoms with Gasteiger partial charge in [-0.2, -0.15) is 0 Å². The van der Waals surface area contributed by atoms with Gasteiger partial charge in [-0.3, -0.25) is 4.79 Å². The average Bonchev–Trinajstić information content (AvgIpc) is 2.95. The molecule has 0 saturated heterocycles. The summed E-state index contributed by atoms with van der Waals surface area (Å²) in [4.78, 5) is 15.7. The first-order valence-electron chi connectivity index (χ1n) is 12.2. The van der Waals surface area contributed by atoms with Crippen molar-refractivity contribution in [2.24, 2.45) is 0 Å². The molecule has 0 atom stereocenters. The lowest BCUT2D eigenvalue weighted by Gasteiger charge is -2.20. The number of nitrogens with zero attached hydrogens (tertiary/aromatic N) is 1. The molecule has 0 saturated carbocycles. The van der Waals surface area contributed by atoms with Gasteiger partial charge in [0.1, 0.15) is 43.1 Å². The van der Waals surface area contributed by atoms with Gasteiger partial charge in [-0.05, 0) is 59.0 Å². The van der Waals surface area contributed by atoms with Crippen molar-refractivity contribution in [3.8, 4) is 40.0 Å². The largest absolute Gasteiger partial charge is 0.488 e. The summed E-state index contributed by atoms with van der Waals surface area (Å²) in [5.74, 6) is 2.58. The molecule has 0 unspecified atom stereocenters. The summed E-state index contributed by atoms with van der Waals surface area (Å²) in [7, 11) is 1.50. The highest BCUT2D eigenvalue weighted by Gasteiger charge is 2.16. The number of ether oxygens (including phenoxy) is 5. The van der Waals surface area contributed by atoms with E-state index in [0.29, 0.717) is 47.5 Å². The van der Waals surface area contributed by atoms with E-state index in [1.807, 2.05) is 37.3 Å². The third-order valence-corrected chi connectivity index (χ3v) is 6.80. The van der Waals surface area contributed by atoms with Crippen LogP contribution in [0.5, 0.6) is 28.9 Å². The summed E-state index contributed by atoms with van der Waals surface area (Å²) in [6.07, 6.45) is 0.687. The van der Waals surface area contributed by atoms with Crippen molar-refractivity contribution >= 4 is 29.5 Å². The minimum Gasteiger partial charge on any atom is -0.488 e. The summed E-state index contributed by atoms with van der Waals surface area (Å²) in [6, 6.07) is 18.5. The van der Waals surface area contributed by atoms with E-state index >= 15 is 0 Å². The first kappa shape index (κ1) is 26.7. The zero-order chi connectivity index (χ0) is 27.4. The van der Waals surface area contributed by atoms with Crippen LogP contribution in [0.25, 0.3) is 11.1 Å². The highest BCUT2D eigenvalue weighted by atomic mass is 35.5. The Hall–Kier alpha value is -3.94. The maximum absolute atomic E-state index is 11.7. The normalized spacial score (nSPS) is 12.1. The molecule has 9 heteroatoms. The molecule has 2 heterocycles. The van der Waals surface area contributed by atoms with Gasteiger partial charge in [0, 0.05) is 12.1 Å². The van der Waals surface area contributed by atoms with Crippen molar-refractivity contribution in [1.82, 2.24) is 4.98 Å². The molecule has 39 heavy (non-hydrogen) atoms. The number of aromatic nitrogens is 1. The molecule has 3 aromatic carbocycles. The molecule has 200 valence electrons. The van der Waals surface area contributed by atoms with Gasteiger partial charge in [0.05, 0.1) is 17.7 Å². The lowest BCUT2D eigenvalue weighted by molar-refractivity contribution is 0.111. The van der Waals surface area contributed by atoms with Gasteiger partial charge in [-0.25, -0.2) is 4.98 Å². The summed E-state index contributed by atoms with van der Waals surface area (Å²) in [5.41, 5.74) is 5.17. The monoisotopic (exact) mass is 565 g/mol. The lowest BCUT2D eigenvalue weighted by atomic mass is 9.96. The number of halogens is 2. The molecule has 1 aliphatic heterocycles. The van der Waals surface area contributed by atoms with Gasteiger partial charge in [0.25, 0.3) is 0 Å². The second-order valence-electron chi connectivity index (χ2n) is 8.80. The van der Waals surface area contributed by atoms with Gasteiger partial charge in [0.15, 0.2) is 17.8 Å². The topological polar surface area (TPSA) is 76.1 Å². The van der Waals surface area contributed by atoms with Crippen molar-refractivity contribution in [2.75, 3.05) is 20.3 Å². The maximum atomic E-state index is 11.7. The second kappa shape index (κ2) is 11.8. The second-order valence-corrected chi connectivity index (χ2v) is 9.60. The minimum absolute atomic E-state index is 0.136. The molecule has 0 N–H and O–H groups in total. The number of pyridine rings is 1. The van der Waals surface area contributed by atoms with E-state index in [-0.39, 0.29) is 18.4 Å². The minimum atomic E-state index is 0.136. The van der Waals surface area contributed by atoms with Crippen LogP contribution in [0.3, 0.4) is 0 Å². The van der Waals surface area contributed by atoms with E-state index in [1.54, 1.807) is 18.2 Å². The van der Waals surface area contributed by atoms with Crippen molar-refractivity contribution in [3.63, 3.8) is 0 Å². The predicted molar refractivity (Wildman–Crippen MR) is 149 cm³/mol. The molecule has 0 aliphatic carbocycles. The van der Waals surface area contributed by atoms with Crippen molar-refractivity contribution in [2.45, 2.75) is 20.1 Å². The average molecular weight is 566 g/mol. The molecule has 0 radical (unpaired) electrons. The first-order chi connectivity index (χ1) is 18.9. The van der Waals surface area contributed by atoms with Crippen LogP contribution in [0, 0.1) is 6.92 Å². The number of methoxy groups -OCH3 is 1.